The van der Waals surface area contributed by atoms with Gasteiger partial charge in [-0.05, 0) is 100 Å². The second-order valence-corrected chi connectivity index (χ2v) is 14.9. The second-order valence-electron chi connectivity index (χ2n) is 13.2. The highest BCUT2D eigenvalue weighted by molar-refractivity contribution is 7.92. The second kappa shape index (κ2) is 17.6. The van der Waals surface area contributed by atoms with Crippen LogP contribution >= 0.6 is 0 Å². The Kier molecular flexibility index (Phi) is 13.8. The molecular weight excluding hydrogens is 687 g/mol. The first-order valence-corrected chi connectivity index (χ1v) is 18.4. The van der Waals surface area contributed by atoms with E-state index in [0.717, 1.165) is 25.0 Å². The van der Waals surface area contributed by atoms with E-state index in [0.29, 0.717) is 43.2 Å². The molecule has 1 aliphatic heterocycles. The Hall–Kier alpha value is -3.85. The lowest BCUT2D eigenvalue weighted by atomic mass is 10.0. The first-order valence-electron chi connectivity index (χ1n) is 17.0. The molecule has 0 bridgehead atoms. The first-order chi connectivity index (χ1) is 24.1. The molecule has 1 heterocycles. The molecule has 0 unspecified atom stereocenters. The van der Waals surface area contributed by atoms with Crippen molar-refractivity contribution in [1.29, 1.82) is 0 Å². The van der Waals surface area contributed by atoms with E-state index in [-0.39, 0.29) is 47.4 Å². The molecule has 14 heteroatoms. The van der Waals surface area contributed by atoms with Crippen molar-refractivity contribution in [3.8, 4) is 11.5 Å². The highest BCUT2D eigenvalue weighted by Gasteiger charge is 2.32. The Morgan fingerprint density at radius 1 is 1.06 bits per heavy atom. The van der Waals surface area contributed by atoms with Crippen LogP contribution in [0.15, 0.2) is 71.6 Å². The monoisotopic (exact) mass is 735 g/mol. The van der Waals surface area contributed by atoms with Crippen molar-refractivity contribution in [2.24, 2.45) is 5.92 Å². The number of benzene rings is 3. The fourth-order valence-corrected chi connectivity index (χ4v) is 6.95. The summed E-state index contributed by atoms with van der Waals surface area (Å²) in [5.74, 6) is 0.109. The number of nitrogens with zero attached hydrogens (tertiary/aromatic N) is 2. The van der Waals surface area contributed by atoms with Crippen molar-refractivity contribution in [3.63, 3.8) is 0 Å². The molecule has 0 saturated heterocycles. The molecule has 0 saturated carbocycles. The number of nitrogens with one attached hydrogen (secondary N) is 1. The molecule has 0 aromatic heterocycles. The van der Waals surface area contributed by atoms with Crippen LogP contribution in [0.4, 0.5) is 18.9 Å². The third-order valence-electron chi connectivity index (χ3n) is 8.90. The number of ether oxygens (including phenoxy) is 3. The number of anilines is 1. The normalized spacial score (nSPS) is 20.2. The predicted molar refractivity (Wildman–Crippen MR) is 188 cm³/mol. The number of hydrogen-bond acceptors (Lipinski definition) is 8. The number of carbonyl (C=O) groups is 1. The first kappa shape index (κ1) is 39.9. The third kappa shape index (κ3) is 11.1. The van der Waals surface area contributed by atoms with Gasteiger partial charge in [0, 0.05) is 37.8 Å². The lowest BCUT2D eigenvalue weighted by Crippen LogP contribution is -2.47. The summed E-state index contributed by atoms with van der Waals surface area (Å²) in [6, 6.07) is 14.9. The van der Waals surface area contributed by atoms with Crippen molar-refractivity contribution in [2.45, 2.75) is 75.9 Å². The topological polar surface area (TPSA) is 118 Å². The lowest BCUT2D eigenvalue weighted by molar-refractivity contribution is -0.137. The molecule has 0 fully saturated rings. The molecule has 4 rings (SSSR count). The van der Waals surface area contributed by atoms with E-state index < -0.39 is 33.7 Å². The van der Waals surface area contributed by atoms with Crippen LogP contribution in [0.25, 0.3) is 0 Å². The molecule has 280 valence electrons. The summed E-state index contributed by atoms with van der Waals surface area (Å²) in [7, 11) is -0.672. The molecule has 1 aliphatic rings. The number of amides is 1. The number of aliphatic hydroxyl groups is 1. The van der Waals surface area contributed by atoms with Gasteiger partial charge >= 0.3 is 6.18 Å². The summed E-state index contributed by atoms with van der Waals surface area (Å²) in [5, 5.41) is 10.2. The van der Waals surface area contributed by atoms with Crippen LogP contribution in [0, 0.1) is 5.92 Å². The zero-order chi connectivity index (χ0) is 37.3. The van der Waals surface area contributed by atoms with Crippen LogP contribution in [-0.2, 0) is 27.5 Å². The van der Waals surface area contributed by atoms with Crippen LogP contribution in [0.3, 0.4) is 0 Å². The number of fused-ring (bicyclic) bond motifs is 1. The maximum atomic E-state index is 14.4. The molecule has 4 atom stereocenters. The van der Waals surface area contributed by atoms with Crippen molar-refractivity contribution in [1.82, 2.24) is 9.80 Å². The number of alkyl halides is 3. The highest BCUT2D eigenvalue weighted by atomic mass is 32.2. The SMILES string of the molecule is COc1ccc(S(=O)(=O)Nc2ccc3c(c2)C(=O)N([C@@H](C)CO)C[C@H](C)[C@H](CN(C)Cc2ccc(C(F)(F)F)cc2)OCCCC[C@H](C)O3)cc1. The molecule has 10 nitrogen and oxygen atoms in total. The Morgan fingerprint density at radius 2 is 1.75 bits per heavy atom. The van der Waals surface area contributed by atoms with Crippen LogP contribution in [0.5, 0.6) is 11.5 Å². The van der Waals surface area contributed by atoms with E-state index in [1.54, 1.807) is 19.1 Å². The summed E-state index contributed by atoms with van der Waals surface area (Å²) in [6.07, 6.45) is -2.81. The van der Waals surface area contributed by atoms with Crippen LogP contribution in [-0.4, -0.2) is 87.9 Å². The molecular formula is C37H48F3N3O7S. The van der Waals surface area contributed by atoms with Gasteiger partial charge in [0.15, 0.2) is 0 Å². The summed E-state index contributed by atoms with van der Waals surface area (Å²) in [6.45, 7) is 6.73. The van der Waals surface area contributed by atoms with Gasteiger partial charge in [0.2, 0.25) is 0 Å². The minimum Gasteiger partial charge on any atom is -0.497 e. The quantitative estimate of drug-likeness (QED) is 0.245. The van der Waals surface area contributed by atoms with E-state index in [1.165, 1.54) is 54.5 Å². The standard InChI is InChI=1S/C37H48F3N3O7S/c1-25-21-43(26(2)24-44)36(45)33-20-30(41-51(46,47)32-16-14-31(48-5)15-17-32)13-18-34(33)50-27(3)8-6-7-19-49-35(25)23-42(4)22-28-9-11-29(12-10-28)37(38,39)40/h9-18,20,25-27,35,41,44H,6-8,19,21-24H2,1-5H3/t25-,26-,27-,35-/m0/s1. The summed E-state index contributed by atoms with van der Waals surface area (Å²) < 4.78 is 86.1. The molecule has 51 heavy (non-hydrogen) atoms. The number of rotatable bonds is 10. The molecule has 2 N–H and O–H groups in total. The molecule has 0 spiro atoms. The molecule has 0 aliphatic carbocycles. The van der Waals surface area contributed by atoms with E-state index in [4.69, 9.17) is 14.2 Å². The number of halogens is 3. The Labute approximate surface area is 298 Å². The van der Waals surface area contributed by atoms with Crippen molar-refractivity contribution < 1.29 is 45.7 Å². The van der Waals surface area contributed by atoms with Crippen LogP contribution in [0.2, 0.25) is 0 Å². The lowest BCUT2D eigenvalue weighted by Gasteiger charge is -2.36. The third-order valence-corrected chi connectivity index (χ3v) is 10.3. The summed E-state index contributed by atoms with van der Waals surface area (Å²) in [4.78, 5) is 17.9. The van der Waals surface area contributed by atoms with E-state index in [1.807, 2.05) is 25.8 Å². The fourth-order valence-electron chi connectivity index (χ4n) is 5.90. The van der Waals surface area contributed by atoms with E-state index in [2.05, 4.69) is 4.72 Å². The molecule has 3 aromatic rings. The van der Waals surface area contributed by atoms with Crippen molar-refractivity contribution in [3.05, 3.63) is 83.4 Å². The van der Waals surface area contributed by atoms with Crippen molar-refractivity contribution >= 4 is 21.6 Å². The number of hydrogen-bond donors (Lipinski definition) is 2. The maximum Gasteiger partial charge on any atom is 0.416 e. The smallest absolute Gasteiger partial charge is 0.416 e. The maximum absolute atomic E-state index is 14.4. The number of sulfonamides is 1. The zero-order valence-electron chi connectivity index (χ0n) is 29.7. The Bertz CT molecular complexity index is 1690. The Balaban J connectivity index is 1.61. The number of aliphatic hydroxyl groups excluding tert-OH is 1. The average Bonchev–Trinajstić information content (AvgIpc) is 3.09. The Morgan fingerprint density at radius 3 is 2.37 bits per heavy atom. The number of carbonyl (C=O) groups excluding carboxylic acids is 1. The van der Waals surface area contributed by atoms with Crippen LogP contribution < -0.4 is 14.2 Å². The molecule has 1 amide bonds. The largest absolute Gasteiger partial charge is 0.497 e. The minimum absolute atomic E-state index is 0.0123. The van der Waals surface area contributed by atoms with Gasteiger partial charge < -0.3 is 24.2 Å². The van der Waals surface area contributed by atoms with Gasteiger partial charge in [0.25, 0.3) is 15.9 Å². The minimum atomic E-state index is -4.41. The average molecular weight is 736 g/mol. The van der Waals surface area contributed by atoms with E-state index >= 15 is 0 Å². The fraction of sp³-hybridized carbons (Fsp3) is 0.486. The van der Waals surface area contributed by atoms with Gasteiger partial charge in [-0.25, -0.2) is 8.42 Å². The van der Waals surface area contributed by atoms with Crippen LogP contribution in [0.1, 0.15) is 61.5 Å². The summed E-state index contributed by atoms with van der Waals surface area (Å²) in [5.41, 5.74) is 0.306. The van der Waals surface area contributed by atoms with Gasteiger partial charge in [-0.2, -0.15) is 13.2 Å². The predicted octanol–water partition coefficient (Wildman–Crippen LogP) is 6.44. The number of methoxy groups -OCH3 is 1. The van der Waals surface area contributed by atoms with Crippen molar-refractivity contribution in [2.75, 3.05) is 45.2 Å². The van der Waals surface area contributed by atoms with Gasteiger partial charge in [-0.15, -0.1) is 0 Å². The van der Waals surface area contributed by atoms with Gasteiger partial charge in [0.05, 0.1) is 48.0 Å². The van der Waals surface area contributed by atoms with Gasteiger partial charge in [-0.3, -0.25) is 14.4 Å². The molecule has 3 aromatic carbocycles. The summed E-state index contributed by atoms with van der Waals surface area (Å²) >= 11 is 0. The zero-order valence-corrected chi connectivity index (χ0v) is 30.5. The number of likely N-dealkylation sites (N-methyl/N-ethyl adjacent to an activating group) is 1. The van der Waals surface area contributed by atoms with Gasteiger partial charge in [0.1, 0.15) is 11.5 Å². The molecule has 0 radical (unpaired) electrons. The van der Waals surface area contributed by atoms with E-state index in [9.17, 15) is 31.5 Å². The van der Waals surface area contributed by atoms with Gasteiger partial charge in [-0.1, -0.05) is 19.1 Å². The highest BCUT2D eigenvalue weighted by Crippen LogP contribution is 2.31.